The van der Waals surface area contributed by atoms with Crippen molar-refractivity contribution in [2.75, 3.05) is 7.05 Å². The predicted octanol–water partition coefficient (Wildman–Crippen LogP) is 1.48. The molecule has 2 aromatic carbocycles. The summed E-state index contributed by atoms with van der Waals surface area (Å²) in [6, 6.07) is 13.5. The van der Waals surface area contributed by atoms with Gasteiger partial charge in [0, 0.05) is 20.1 Å². The van der Waals surface area contributed by atoms with Crippen molar-refractivity contribution < 1.29 is 8.42 Å². The average Bonchev–Trinajstić information content (AvgIpc) is 2.66. The molecule has 3 rings (SSSR count). The van der Waals surface area contributed by atoms with Crippen LogP contribution in [0.2, 0.25) is 0 Å². The normalized spacial score (nSPS) is 13.2. The van der Waals surface area contributed by atoms with Crippen LogP contribution < -0.4 is 11.2 Å². The molecule has 3 aromatic rings. The van der Waals surface area contributed by atoms with E-state index < -0.39 is 21.3 Å². The third-order valence-corrected chi connectivity index (χ3v) is 6.71. The number of H-pyrrole nitrogens is 1. The number of rotatable bonds is 5. The molecule has 0 radical (unpaired) electrons. The molecule has 1 N–H and O–H groups in total. The Bertz CT molecular complexity index is 1200. The number of fused-ring (bicyclic) bond motifs is 1. The highest BCUT2D eigenvalue weighted by molar-refractivity contribution is 7.89. The van der Waals surface area contributed by atoms with Crippen LogP contribution in [-0.2, 0) is 23.5 Å². The summed E-state index contributed by atoms with van der Waals surface area (Å²) in [7, 11) is -0.927. The van der Waals surface area contributed by atoms with E-state index in [9.17, 15) is 18.0 Å². The van der Waals surface area contributed by atoms with Gasteiger partial charge in [-0.1, -0.05) is 30.3 Å². The van der Waals surface area contributed by atoms with Crippen LogP contribution in [0.25, 0.3) is 10.9 Å². The minimum absolute atomic E-state index is 0.0153. The van der Waals surface area contributed by atoms with Gasteiger partial charge >= 0.3 is 5.69 Å². The van der Waals surface area contributed by atoms with Crippen molar-refractivity contribution in [3.63, 3.8) is 0 Å². The number of hydrogen-bond acceptors (Lipinski definition) is 4. The first-order valence-corrected chi connectivity index (χ1v) is 9.91. The lowest BCUT2D eigenvalue weighted by atomic mass is 10.1. The SMILES string of the molecule is C[C@H](Cc1ccccc1)N(C)S(=O)(=O)c1ccc2[nH]c(=O)n(C)c(=O)c2c1. The number of nitrogens with one attached hydrogen (secondary N) is 1. The molecule has 0 amide bonds. The smallest absolute Gasteiger partial charge is 0.307 e. The number of aromatic amines is 1. The molecule has 142 valence electrons. The van der Waals surface area contributed by atoms with Gasteiger partial charge in [0.15, 0.2) is 0 Å². The lowest BCUT2D eigenvalue weighted by molar-refractivity contribution is 0.387. The Morgan fingerprint density at radius 2 is 1.78 bits per heavy atom. The zero-order chi connectivity index (χ0) is 19.8. The van der Waals surface area contributed by atoms with Crippen LogP contribution in [0.5, 0.6) is 0 Å². The summed E-state index contributed by atoms with van der Waals surface area (Å²) in [5.74, 6) is 0. The molecule has 0 aliphatic heterocycles. The lowest BCUT2D eigenvalue weighted by Gasteiger charge is -2.24. The Kier molecular flexibility index (Phi) is 5.03. The maximum absolute atomic E-state index is 13.0. The summed E-state index contributed by atoms with van der Waals surface area (Å²) in [6.45, 7) is 1.84. The van der Waals surface area contributed by atoms with Gasteiger partial charge in [0.25, 0.3) is 5.56 Å². The minimum atomic E-state index is -3.80. The third kappa shape index (κ3) is 3.58. The second kappa shape index (κ2) is 7.13. The van der Waals surface area contributed by atoms with E-state index in [1.807, 2.05) is 37.3 Å². The zero-order valence-corrected chi connectivity index (χ0v) is 16.2. The topological polar surface area (TPSA) is 92.2 Å². The van der Waals surface area contributed by atoms with Gasteiger partial charge in [0.1, 0.15) is 0 Å². The second-order valence-electron chi connectivity index (χ2n) is 6.56. The van der Waals surface area contributed by atoms with Crippen molar-refractivity contribution in [3.05, 3.63) is 74.9 Å². The predicted molar refractivity (Wildman–Crippen MR) is 104 cm³/mol. The average molecular weight is 387 g/mol. The fourth-order valence-electron chi connectivity index (χ4n) is 2.93. The van der Waals surface area contributed by atoms with Crippen molar-refractivity contribution in [1.29, 1.82) is 0 Å². The Morgan fingerprint density at radius 3 is 2.44 bits per heavy atom. The van der Waals surface area contributed by atoms with Gasteiger partial charge in [-0.05, 0) is 37.1 Å². The Morgan fingerprint density at radius 1 is 1.11 bits per heavy atom. The second-order valence-corrected chi connectivity index (χ2v) is 8.56. The summed E-state index contributed by atoms with van der Waals surface area (Å²) >= 11 is 0. The van der Waals surface area contributed by atoms with Crippen molar-refractivity contribution >= 4 is 20.9 Å². The van der Waals surface area contributed by atoms with Crippen LogP contribution in [0.3, 0.4) is 0 Å². The maximum Gasteiger partial charge on any atom is 0.328 e. The van der Waals surface area contributed by atoms with Crippen LogP contribution in [0.1, 0.15) is 12.5 Å². The number of aromatic nitrogens is 2. The Hall–Kier alpha value is -2.71. The minimum Gasteiger partial charge on any atom is -0.307 e. The van der Waals surface area contributed by atoms with Gasteiger partial charge in [0.05, 0.1) is 15.8 Å². The largest absolute Gasteiger partial charge is 0.328 e. The van der Waals surface area contributed by atoms with Crippen LogP contribution in [0.15, 0.2) is 63.0 Å². The molecule has 7 nitrogen and oxygen atoms in total. The van der Waals surface area contributed by atoms with Gasteiger partial charge in [-0.3, -0.25) is 9.36 Å². The molecule has 0 aliphatic rings. The summed E-state index contributed by atoms with van der Waals surface area (Å²) in [5, 5.41) is 0.155. The summed E-state index contributed by atoms with van der Waals surface area (Å²) < 4.78 is 28.3. The molecule has 8 heteroatoms. The first kappa shape index (κ1) is 19.1. The highest BCUT2D eigenvalue weighted by atomic mass is 32.2. The quantitative estimate of drug-likeness (QED) is 0.718. The fourth-order valence-corrected chi connectivity index (χ4v) is 4.32. The van der Waals surface area contributed by atoms with E-state index in [1.165, 1.54) is 36.6 Å². The zero-order valence-electron chi connectivity index (χ0n) is 15.3. The number of benzene rings is 2. The van der Waals surface area contributed by atoms with Crippen molar-refractivity contribution in [1.82, 2.24) is 13.9 Å². The molecule has 0 aliphatic carbocycles. The van der Waals surface area contributed by atoms with Crippen molar-refractivity contribution in [3.8, 4) is 0 Å². The van der Waals surface area contributed by atoms with E-state index in [4.69, 9.17) is 0 Å². The molecule has 0 saturated carbocycles. The number of likely N-dealkylation sites (N-methyl/N-ethyl adjacent to an activating group) is 1. The van der Waals surface area contributed by atoms with E-state index in [0.29, 0.717) is 11.9 Å². The molecule has 0 spiro atoms. The highest BCUT2D eigenvalue weighted by Gasteiger charge is 2.26. The van der Waals surface area contributed by atoms with Crippen LogP contribution in [0, 0.1) is 0 Å². The lowest BCUT2D eigenvalue weighted by Crippen LogP contribution is -2.36. The Balaban J connectivity index is 1.98. The molecule has 0 unspecified atom stereocenters. The van der Waals surface area contributed by atoms with E-state index >= 15 is 0 Å². The molecule has 0 fully saturated rings. The van der Waals surface area contributed by atoms with E-state index in [2.05, 4.69) is 4.98 Å². The van der Waals surface area contributed by atoms with Crippen LogP contribution in [-0.4, -0.2) is 35.4 Å². The van der Waals surface area contributed by atoms with Crippen molar-refractivity contribution in [2.45, 2.75) is 24.3 Å². The number of nitrogens with zero attached hydrogens (tertiary/aromatic N) is 2. The first-order chi connectivity index (χ1) is 12.7. The van der Waals surface area contributed by atoms with E-state index in [1.54, 1.807) is 0 Å². The summed E-state index contributed by atoms with van der Waals surface area (Å²) in [5.41, 5.74) is 0.265. The summed E-state index contributed by atoms with van der Waals surface area (Å²) in [6.07, 6.45) is 0.569. The van der Waals surface area contributed by atoms with Gasteiger partial charge in [-0.15, -0.1) is 0 Å². The highest BCUT2D eigenvalue weighted by Crippen LogP contribution is 2.21. The van der Waals surface area contributed by atoms with E-state index in [0.717, 1.165) is 10.1 Å². The number of sulfonamides is 1. The van der Waals surface area contributed by atoms with Crippen molar-refractivity contribution in [2.24, 2.45) is 7.05 Å². The van der Waals surface area contributed by atoms with Gasteiger partial charge in [0.2, 0.25) is 10.0 Å². The first-order valence-electron chi connectivity index (χ1n) is 8.47. The van der Waals surface area contributed by atoms with Crippen LogP contribution in [0.4, 0.5) is 0 Å². The van der Waals surface area contributed by atoms with Gasteiger partial charge < -0.3 is 4.98 Å². The fraction of sp³-hybridized carbons (Fsp3) is 0.263. The van der Waals surface area contributed by atoms with Gasteiger partial charge in [-0.2, -0.15) is 4.31 Å². The monoisotopic (exact) mass is 387 g/mol. The van der Waals surface area contributed by atoms with Crippen LogP contribution >= 0.6 is 0 Å². The molecule has 0 saturated heterocycles. The summed E-state index contributed by atoms with van der Waals surface area (Å²) in [4.78, 5) is 26.6. The third-order valence-electron chi connectivity index (χ3n) is 4.74. The molecular weight excluding hydrogens is 366 g/mol. The molecule has 1 atom stereocenters. The molecular formula is C19H21N3O4S. The molecule has 1 heterocycles. The molecule has 1 aromatic heterocycles. The number of hydrogen-bond donors (Lipinski definition) is 1. The maximum atomic E-state index is 13.0. The molecule has 27 heavy (non-hydrogen) atoms. The van der Waals surface area contributed by atoms with Gasteiger partial charge in [-0.25, -0.2) is 13.2 Å². The molecule has 0 bridgehead atoms. The Labute approximate surface area is 156 Å². The van der Waals surface area contributed by atoms with E-state index in [-0.39, 0.29) is 16.3 Å². The standard InChI is InChI=1S/C19H21N3O4S/c1-13(11-14-7-5-4-6-8-14)22(3)27(25,26)15-9-10-17-16(12-15)18(23)21(2)19(24)20-17/h4-10,12-13H,11H2,1-3H3,(H,20,24)/t13-/m1/s1.